The molecule has 0 spiro atoms. The molecule has 90 valence electrons. The molecule has 1 aromatic rings. The van der Waals surface area contributed by atoms with Gasteiger partial charge in [-0.05, 0) is 29.9 Å². The van der Waals surface area contributed by atoms with E-state index in [1.807, 2.05) is 12.1 Å². The molecule has 0 unspecified atom stereocenters. The second-order valence-corrected chi connectivity index (χ2v) is 5.31. The maximum absolute atomic E-state index is 13.2. The van der Waals surface area contributed by atoms with Crippen LogP contribution in [-0.2, 0) is 11.2 Å². The van der Waals surface area contributed by atoms with Crippen molar-refractivity contribution in [2.75, 3.05) is 13.2 Å². The first-order chi connectivity index (χ1) is 7.49. The lowest BCUT2D eigenvalue weighted by molar-refractivity contribution is 0.0698. The van der Waals surface area contributed by atoms with Crippen molar-refractivity contribution in [3.63, 3.8) is 0 Å². The van der Waals surface area contributed by atoms with E-state index in [4.69, 9.17) is 4.74 Å². The second-order valence-electron chi connectivity index (χ2n) is 5.31. The Morgan fingerprint density at radius 2 is 1.88 bits per heavy atom. The molecule has 1 rings (SSSR count). The first-order valence-electron chi connectivity index (χ1n) is 5.80. The molecule has 0 amide bonds. The standard InChI is InChI=1S/C14H21FO/c1-14(2,3)11-16-10-6-8-12-7-4-5-9-13(12)15/h4-5,7,9H,6,8,10-11H2,1-3H3. The van der Waals surface area contributed by atoms with Crippen LogP contribution >= 0.6 is 0 Å². The average Bonchev–Trinajstić information content (AvgIpc) is 2.18. The van der Waals surface area contributed by atoms with Crippen molar-refractivity contribution in [1.29, 1.82) is 0 Å². The third-order valence-corrected chi connectivity index (χ3v) is 2.23. The maximum atomic E-state index is 13.2. The molecule has 0 saturated carbocycles. The smallest absolute Gasteiger partial charge is 0.126 e. The predicted octanol–water partition coefficient (Wildman–Crippen LogP) is 3.82. The van der Waals surface area contributed by atoms with Gasteiger partial charge >= 0.3 is 0 Å². The fourth-order valence-corrected chi connectivity index (χ4v) is 1.44. The van der Waals surface area contributed by atoms with Crippen LogP contribution in [0.2, 0.25) is 0 Å². The van der Waals surface area contributed by atoms with Crippen molar-refractivity contribution in [3.8, 4) is 0 Å². The van der Waals surface area contributed by atoms with Gasteiger partial charge < -0.3 is 4.74 Å². The summed E-state index contributed by atoms with van der Waals surface area (Å²) >= 11 is 0. The van der Waals surface area contributed by atoms with Crippen molar-refractivity contribution in [2.24, 2.45) is 5.41 Å². The number of hydrogen-bond donors (Lipinski definition) is 0. The van der Waals surface area contributed by atoms with Gasteiger partial charge in [0.1, 0.15) is 5.82 Å². The molecule has 0 aliphatic heterocycles. The minimum atomic E-state index is -0.113. The number of hydrogen-bond acceptors (Lipinski definition) is 1. The fourth-order valence-electron chi connectivity index (χ4n) is 1.44. The van der Waals surface area contributed by atoms with Gasteiger partial charge in [0.2, 0.25) is 0 Å². The SMILES string of the molecule is CC(C)(C)COCCCc1ccccc1F. The van der Waals surface area contributed by atoms with Crippen LogP contribution in [0.15, 0.2) is 24.3 Å². The molecule has 0 atom stereocenters. The molecule has 0 bridgehead atoms. The lowest BCUT2D eigenvalue weighted by Gasteiger charge is -2.17. The van der Waals surface area contributed by atoms with Crippen LogP contribution in [0.5, 0.6) is 0 Å². The van der Waals surface area contributed by atoms with Crippen LogP contribution < -0.4 is 0 Å². The van der Waals surface area contributed by atoms with E-state index >= 15 is 0 Å². The lowest BCUT2D eigenvalue weighted by Crippen LogP contribution is -2.15. The van der Waals surface area contributed by atoms with E-state index in [0.29, 0.717) is 6.61 Å². The zero-order valence-electron chi connectivity index (χ0n) is 10.4. The molecule has 0 aromatic heterocycles. The third-order valence-electron chi connectivity index (χ3n) is 2.23. The number of halogens is 1. The quantitative estimate of drug-likeness (QED) is 0.691. The summed E-state index contributed by atoms with van der Waals surface area (Å²) < 4.78 is 18.8. The highest BCUT2D eigenvalue weighted by molar-refractivity contribution is 5.17. The zero-order chi connectivity index (χ0) is 12.0. The van der Waals surface area contributed by atoms with Crippen LogP contribution in [-0.4, -0.2) is 13.2 Å². The first-order valence-corrected chi connectivity index (χ1v) is 5.80. The van der Waals surface area contributed by atoms with E-state index in [-0.39, 0.29) is 11.2 Å². The number of ether oxygens (including phenoxy) is 1. The largest absolute Gasteiger partial charge is 0.381 e. The van der Waals surface area contributed by atoms with Gasteiger partial charge in [0.15, 0.2) is 0 Å². The Labute approximate surface area is 97.6 Å². The molecular weight excluding hydrogens is 203 g/mol. The lowest BCUT2D eigenvalue weighted by atomic mass is 9.99. The van der Waals surface area contributed by atoms with E-state index in [2.05, 4.69) is 20.8 Å². The summed E-state index contributed by atoms with van der Waals surface area (Å²) in [6.45, 7) is 7.88. The highest BCUT2D eigenvalue weighted by atomic mass is 19.1. The van der Waals surface area contributed by atoms with Gasteiger partial charge in [-0.15, -0.1) is 0 Å². The first kappa shape index (κ1) is 13.2. The van der Waals surface area contributed by atoms with Crippen molar-refractivity contribution in [2.45, 2.75) is 33.6 Å². The Kier molecular flexibility index (Phi) is 4.94. The molecule has 2 heteroatoms. The number of aryl methyl sites for hydroxylation is 1. The van der Waals surface area contributed by atoms with Crippen molar-refractivity contribution < 1.29 is 9.13 Å². The van der Waals surface area contributed by atoms with Crippen LogP contribution in [0, 0.1) is 11.2 Å². The maximum Gasteiger partial charge on any atom is 0.126 e. The van der Waals surface area contributed by atoms with Crippen molar-refractivity contribution in [3.05, 3.63) is 35.6 Å². The van der Waals surface area contributed by atoms with Crippen molar-refractivity contribution >= 4 is 0 Å². The fraction of sp³-hybridized carbons (Fsp3) is 0.571. The molecule has 0 saturated heterocycles. The molecule has 0 aliphatic carbocycles. The molecular formula is C14H21FO. The number of benzene rings is 1. The van der Waals surface area contributed by atoms with Gasteiger partial charge in [-0.25, -0.2) is 4.39 Å². The summed E-state index contributed by atoms with van der Waals surface area (Å²) in [5.41, 5.74) is 0.986. The summed E-state index contributed by atoms with van der Waals surface area (Å²) in [5.74, 6) is -0.113. The normalized spacial score (nSPS) is 11.8. The van der Waals surface area contributed by atoms with Gasteiger partial charge in [-0.2, -0.15) is 0 Å². The Hall–Kier alpha value is -0.890. The minimum absolute atomic E-state index is 0.113. The van der Waals surface area contributed by atoms with Gasteiger partial charge in [0.05, 0.1) is 6.61 Å². The molecule has 0 N–H and O–H groups in total. The molecule has 0 radical (unpaired) electrons. The number of rotatable bonds is 5. The van der Waals surface area contributed by atoms with Crippen LogP contribution in [0.3, 0.4) is 0 Å². The average molecular weight is 224 g/mol. The summed E-state index contributed by atoms with van der Waals surface area (Å²) in [6, 6.07) is 6.92. The Morgan fingerprint density at radius 3 is 2.50 bits per heavy atom. The summed E-state index contributed by atoms with van der Waals surface area (Å²) in [6.07, 6.45) is 1.62. The third kappa shape index (κ3) is 5.26. The van der Waals surface area contributed by atoms with E-state index in [1.165, 1.54) is 6.07 Å². The Bertz CT molecular complexity index is 315. The monoisotopic (exact) mass is 224 g/mol. The summed E-state index contributed by atoms with van der Waals surface area (Å²) in [7, 11) is 0. The Balaban J connectivity index is 2.19. The zero-order valence-corrected chi connectivity index (χ0v) is 10.4. The Morgan fingerprint density at radius 1 is 1.19 bits per heavy atom. The molecule has 0 fully saturated rings. The van der Waals surface area contributed by atoms with Crippen LogP contribution in [0.4, 0.5) is 4.39 Å². The van der Waals surface area contributed by atoms with Gasteiger partial charge in [-0.3, -0.25) is 0 Å². The molecule has 0 heterocycles. The second kappa shape index (κ2) is 6.00. The highest BCUT2D eigenvalue weighted by Crippen LogP contribution is 2.13. The van der Waals surface area contributed by atoms with E-state index in [0.717, 1.165) is 25.0 Å². The van der Waals surface area contributed by atoms with Gasteiger partial charge in [-0.1, -0.05) is 39.0 Å². The summed E-state index contributed by atoms with van der Waals surface area (Å²) in [4.78, 5) is 0. The van der Waals surface area contributed by atoms with Crippen molar-refractivity contribution in [1.82, 2.24) is 0 Å². The molecule has 1 nitrogen and oxygen atoms in total. The van der Waals surface area contributed by atoms with E-state index in [1.54, 1.807) is 6.07 Å². The van der Waals surface area contributed by atoms with Crippen LogP contribution in [0.1, 0.15) is 32.8 Å². The van der Waals surface area contributed by atoms with E-state index in [9.17, 15) is 4.39 Å². The topological polar surface area (TPSA) is 9.23 Å². The highest BCUT2D eigenvalue weighted by Gasteiger charge is 2.09. The molecule has 1 aromatic carbocycles. The van der Waals surface area contributed by atoms with Crippen LogP contribution in [0.25, 0.3) is 0 Å². The van der Waals surface area contributed by atoms with Gasteiger partial charge in [0.25, 0.3) is 0 Å². The molecule has 0 aliphatic rings. The predicted molar refractivity (Wildman–Crippen MR) is 65.0 cm³/mol. The van der Waals surface area contributed by atoms with E-state index < -0.39 is 0 Å². The molecule has 16 heavy (non-hydrogen) atoms. The van der Waals surface area contributed by atoms with Gasteiger partial charge in [0, 0.05) is 6.61 Å². The summed E-state index contributed by atoms with van der Waals surface area (Å²) in [5, 5.41) is 0. The minimum Gasteiger partial charge on any atom is -0.381 e.